The van der Waals surface area contributed by atoms with Gasteiger partial charge >= 0.3 is 0 Å². The normalized spacial score (nSPS) is 24.6. The molecule has 35 heavy (non-hydrogen) atoms. The summed E-state index contributed by atoms with van der Waals surface area (Å²) in [7, 11) is 0. The van der Waals surface area contributed by atoms with Gasteiger partial charge in [0.1, 0.15) is 5.82 Å². The molecule has 0 aromatic heterocycles. The van der Waals surface area contributed by atoms with Gasteiger partial charge in [-0.2, -0.15) is 0 Å². The zero-order chi connectivity index (χ0) is 24.4. The van der Waals surface area contributed by atoms with Crippen LogP contribution < -0.4 is 15.8 Å². The fourth-order valence-corrected chi connectivity index (χ4v) is 6.84. The van der Waals surface area contributed by atoms with Crippen LogP contribution in [0.2, 0.25) is 0 Å². The summed E-state index contributed by atoms with van der Waals surface area (Å²) in [6.45, 7) is 4.53. The van der Waals surface area contributed by atoms with Crippen LogP contribution in [0.5, 0.6) is 0 Å². The summed E-state index contributed by atoms with van der Waals surface area (Å²) in [5, 5.41) is 5.48. The second kappa shape index (κ2) is 10.6. The number of hydrogen-bond acceptors (Lipinski definition) is 3. The number of halogens is 1. The summed E-state index contributed by atoms with van der Waals surface area (Å²) >= 11 is 0. The van der Waals surface area contributed by atoms with E-state index in [4.69, 9.17) is 0 Å². The van der Waals surface area contributed by atoms with Crippen molar-refractivity contribution in [1.82, 2.24) is 10.7 Å². The number of allylic oxidation sites excluding steroid dienone is 4. The van der Waals surface area contributed by atoms with E-state index in [9.17, 15) is 9.18 Å². The number of nitrogens with one attached hydrogen (secondary N) is 2. The molecule has 5 heteroatoms. The Kier molecular flexibility index (Phi) is 7.31. The Balaban J connectivity index is 1.26. The number of rotatable bonds is 9. The zero-order valence-corrected chi connectivity index (χ0v) is 21.3. The van der Waals surface area contributed by atoms with E-state index in [2.05, 4.69) is 41.9 Å². The van der Waals surface area contributed by atoms with Crippen LogP contribution in [0, 0.1) is 23.6 Å². The van der Waals surface area contributed by atoms with Crippen molar-refractivity contribution >= 4 is 11.6 Å². The maximum absolute atomic E-state index is 13.4. The number of carbonyl (C=O) groups is 1. The van der Waals surface area contributed by atoms with Gasteiger partial charge in [0.2, 0.25) is 5.91 Å². The molecule has 1 saturated carbocycles. The molecule has 1 aromatic rings. The summed E-state index contributed by atoms with van der Waals surface area (Å²) in [5.74, 6) is 1.66. The van der Waals surface area contributed by atoms with E-state index in [0.717, 1.165) is 50.1 Å². The number of benzene rings is 1. The van der Waals surface area contributed by atoms with Crippen molar-refractivity contribution < 1.29 is 9.18 Å². The highest BCUT2D eigenvalue weighted by Crippen LogP contribution is 2.49. The van der Waals surface area contributed by atoms with Crippen LogP contribution in [0.25, 0.3) is 0 Å². The topological polar surface area (TPSA) is 44.4 Å². The van der Waals surface area contributed by atoms with Gasteiger partial charge in [-0.05, 0) is 79.9 Å². The van der Waals surface area contributed by atoms with Gasteiger partial charge in [-0.15, -0.1) is 0 Å². The van der Waals surface area contributed by atoms with Crippen molar-refractivity contribution in [2.45, 2.75) is 90.5 Å². The second-order valence-corrected chi connectivity index (χ2v) is 11.0. The Labute approximate surface area is 209 Å². The van der Waals surface area contributed by atoms with Crippen LogP contribution in [-0.4, -0.2) is 11.9 Å². The third kappa shape index (κ3) is 5.19. The number of anilines is 1. The second-order valence-electron chi connectivity index (χ2n) is 11.0. The van der Waals surface area contributed by atoms with Gasteiger partial charge in [0, 0.05) is 30.2 Å². The molecular formula is C30H40FN3O. The van der Waals surface area contributed by atoms with Crippen molar-refractivity contribution in [3.63, 3.8) is 0 Å². The fourth-order valence-electron chi connectivity index (χ4n) is 6.84. The Morgan fingerprint density at radius 2 is 1.97 bits per heavy atom. The summed E-state index contributed by atoms with van der Waals surface area (Å²) in [4.78, 5) is 12.8. The lowest BCUT2D eigenvalue weighted by atomic mass is 9.78. The minimum Gasteiger partial charge on any atom is -0.353 e. The standard InChI is InChI=1S/C30H40FN3O/c1-3-6-25(33-29(35)16-9-21-7-4-5-8-21)17-22-10-11-23-18-28-27(20(2)30(22)23)19-32-34(28)26-14-12-24(31)13-15-26/h12-15,18-22,25,32H,3-11,16-17H2,1-2H3,(H,33,35)/t20-,22+,25?/m0/s1. The summed E-state index contributed by atoms with van der Waals surface area (Å²) in [6, 6.07) is 6.91. The third-order valence-electron chi connectivity index (χ3n) is 8.61. The monoisotopic (exact) mass is 477 g/mol. The largest absolute Gasteiger partial charge is 0.353 e. The SMILES string of the molecule is CCCC(C[C@H]1CCC2=C1[C@@H](C)C1=CNN(c3ccc(F)cc3)C1=C2)NC(=O)CCC1CCCC1. The molecule has 0 radical (unpaired) electrons. The first-order valence-electron chi connectivity index (χ1n) is 13.8. The third-order valence-corrected chi connectivity index (χ3v) is 8.61. The van der Waals surface area contributed by atoms with Crippen LogP contribution >= 0.6 is 0 Å². The predicted molar refractivity (Wildman–Crippen MR) is 140 cm³/mol. The van der Waals surface area contributed by atoms with E-state index in [0.29, 0.717) is 18.3 Å². The lowest BCUT2D eigenvalue weighted by Crippen LogP contribution is -2.36. The number of nitrogens with zero attached hydrogens (tertiary/aromatic N) is 1. The minimum absolute atomic E-state index is 0.219. The maximum Gasteiger partial charge on any atom is 0.220 e. The van der Waals surface area contributed by atoms with Crippen molar-refractivity contribution in [1.29, 1.82) is 0 Å². The molecule has 188 valence electrons. The Morgan fingerprint density at radius 1 is 1.20 bits per heavy atom. The van der Waals surface area contributed by atoms with Gasteiger partial charge in [0.05, 0.1) is 11.4 Å². The van der Waals surface area contributed by atoms with Gasteiger partial charge in [0.25, 0.3) is 0 Å². The van der Waals surface area contributed by atoms with E-state index in [1.165, 1.54) is 54.7 Å². The molecule has 1 fully saturated rings. The molecule has 5 rings (SSSR count). The van der Waals surface area contributed by atoms with E-state index in [1.807, 2.05) is 12.1 Å². The molecule has 1 aliphatic heterocycles. The Morgan fingerprint density at radius 3 is 2.71 bits per heavy atom. The minimum atomic E-state index is -0.219. The van der Waals surface area contributed by atoms with Gasteiger partial charge in [0.15, 0.2) is 0 Å². The average molecular weight is 478 g/mol. The smallest absolute Gasteiger partial charge is 0.220 e. The molecule has 4 aliphatic rings. The molecule has 1 heterocycles. The first kappa shape index (κ1) is 24.1. The quantitative estimate of drug-likeness (QED) is 0.406. The van der Waals surface area contributed by atoms with E-state index < -0.39 is 0 Å². The van der Waals surface area contributed by atoms with Crippen molar-refractivity contribution in [3.8, 4) is 0 Å². The summed E-state index contributed by atoms with van der Waals surface area (Å²) < 4.78 is 13.4. The van der Waals surface area contributed by atoms with Crippen molar-refractivity contribution in [3.05, 3.63) is 64.8 Å². The predicted octanol–water partition coefficient (Wildman–Crippen LogP) is 6.92. The molecule has 1 amide bonds. The number of carbonyl (C=O) groups excluding carboxylic acids is 1. The van der Waals surface area contributed by atoms with Crippen LogP contribution in [0.1, 0.15) is 84.5 Å². The highest BCUT2D eigenvalue weighted by Gasteiger charge is 2.38. The lowest BCUT2D eigenvalue weighted by molar-refractivity contribution is -0.122. The summed E-state index contributed by atoms with van der Waals surface area (Å²) in [6.07, 6.45) is 16.9. The molecule has 3 atom stereocenters. The Bertz CT molecular complexity index is 1020. The van der Waals surface area contributed by atoms with Crippen molar-refractivity contribution in [2.24, 2.45) is 17.8 Å². The number of hydrazine groups is 1. The van der Waals surface area contributed by atoms with Crippen LogP contribution in [0.4, 0.5) is 10.1 Å². The van der Waals surface area contributed by atoms with Crippen molar-refractivity contribution in [2.75, 3.05) is 5.01 Å². The number of hydrogen-bond donors (Lipinski definition) is 2. The average Bonchev–Trinajstić information content (AvgIpc) is 3.59. The van der Waals surface area contributed by atoms with E-state index in [1.54, 1.807) is 5.57 Å². The Hall–Kier alpha value is -2.56. The van der Waals surface area contributed by atoms with Crippen LogP contribution in [0.3, 0.4) is 0 Å². The van der Waals surface area contributed by atoms with Gasteiger partial charge in [-0.1, -0.05) is 51.5 Å². The molecule has 4 nitrogen and oxygen atoms in total. The highest BCUT2D eigenvalue weighted by molar-refractivity contribution is 5.76. The first-order valence-corrected chi connectivity index (χ1v) is 13.8. The van der Waals surface area contributed by atoms with E-state index in [-0.39, 0.29) is 17.8 Å². The maximum atomic E-state index is 13.4. The fraction of sp³-hybridized carbons (Fsp3) is 0.567. The molecule has 2 N–H and O–H groups in total. The number of amides is 1. The van der Waals surface area contributed by atoms with Crippen LogP contribution in [-0.2, 0) is 4.79 Å². The van der Waals surface area contributed by atoms with Gasteiger partial charge in [-0.25, -0.2) is 4.39 Å². The van der Waals surface area contributed by atoms with Gasteiger partial charge < -0.3 is 10.7 Å². The summed E-state index contributed by atoms with van der Waals surface area (Å²) in [5.41, 5.74) is 9.82. The lowest BCUT2D eigenvalue weighted by Gasteiger charge is -2.31. The molecule has 1 unspecified atom stereocenters. The molecule has 1 aromatic carbocycles. The highest BCUT2D eigenvalue weighted by atomic mass is 19.1. The zero-order valence-electron chi connectivity index (χ0n) is 21.3. The molecule has 0 spiro atoms. The molecule has 3 aliphatic carbocycles. The first-order chi connectivity index (χ1) is 17.0. The molecule has 0 saturated heterocycles. The van der Waals surface area contributed by atoms with Crippen LogP contribution in [0.15, 0.2) is 59.0 Å². The van der Waals surface area contributed by atoms with E-state index >= 15 is 0 Å². The number of fused-ring (bicyclic) bond motifs is 1. The van der Waals surface area contributed by atoms with Gasteiger partial charge in [-0.3, -0.25) is 9.80 Å². The molecular weight excluding hydrogens is 437 g/mol. The molecule has 0 bridgehead atoms.